The third kappa shape index (κ3) is 19.5. The summed E-state index contributed by atoms with van der Waals surface area (Å²) in [4.78, 5) is 8.19. The van der Waals surface area contributed by atoms with Crippen LogP contribution in [0.15, 0.2) is 15.3 Å². The highest BCUT2D eigenvalue weighted by Crippen LogP contribution is 2.21. The molecular weight excluding hydrogens is 406 g/mol. The average Bonchev–Trinajstić information content (AvgIpc) is 2.71. The molecule has 0 aliphatic rings. The smallest absolute Gasteiger partial charge is 0.0637 e. The van der Waals surface area contributed by atoms with Crippen molar-refractivity contribution < 1.29 is 18.9 Å². The lowest BCUT2D eigenvalue weighted by atomic mass is 9.92. The van der Waals surface area contributed by atoms with Crippen LogP contribution in [-0.2, 0) is 18.9 Å². The van der Waals surface area contributed by atoms with Gasteiger partial charge in [0.2, 0.25) is 0 Å². The molecule has 0 aromatic carbocycles. The highest BCUT2D eigenvalue weighted by molar-refractivity contribution is 4.80. The molecule has 0 amide bonds. The van der Waals surface area contributed by atoms with Crippen molar-refractivity contribution in [2.75, 3.05) is 65.9 Å². The number of nitrogens with zero attached hydrogens (tertiary/aromatic N) is 9. The minimum atomic E-state index is -0.552. The maximum Gasteiger partial charge on any atom is 0.0637 e. The molecule has 0 saturated heterocycles. The van der Waals surface area contributed by atoms with Gasteiger partial charge in [-0.2, -0.15) is 0 Å². The summed E-state index contributed by atoms with van der Waals surface area (Å²) >= 11 is 0. The van der Waals surface area contributed by atoms with E-state index in [4.69, 9.17) is 35.5 Å². The van der Waals surface area contributed by atoms with E-state index in [0.717, 1.165) is 0 Å². The van der Waals surface area contributed by atoms with Crippen molar-refractivity contribution in [3.63, 3.8) is 0 Å². The van der Waals surface area contributed by atoms with E-state index in [1.807, 2.05) is 6.92 Å². The molecule has 0 aromatic rings. The van der Waals surface area contributed by atoms with Gasteiger partial charge in [0.05, 0.1) is 44.5 Å². The molecule has 180 valence electrons. The Kier molecular flexibility index (Phi) is 25.9. The molecule has 1 atom stereocenters. The Balaban J connectivity index is -0.00000392. The Hall–Kier alpha value is -2.23. The van der Waals surface area contributed by atoms with Gasteiger partial charge in [0, 0.05) is 47.6 Å². The Labute approximate surface area is 185 Å². The van der Waals surface area contributed by atoms with Gasteiger partial charge in [-0.25, -0.2) is 0 Å². The van der Waals surface area contributed by atoms with Gasteiger partial charge in [-0.3, -0.25) is 0 Å². The van der Waals surface area contributed by atoms with Gasteiger partial charge in [-0.1, -0.05) is 37.1 Å². The summed E-state index contributed by atoms with van der Waals surface area (Å²) in [5.41, 5.74) is 24.6. The number of ether oxygens (including phenoxy) is 4. The molecule has 0 N–H and O–H groups in total. The van der Waals surface area contributed by atoms with Crippen LogP contribution in [0.2, 0.25) is 0 Å². The molecule has 0 aliphatic carbocycles. The maximum absolute atomic E-state index is 8.50. The van der Waals surface area contributed by atoms with Crippen LogP contribution in [-0.4, -0.2) is 72.0 Å². The van der Waals surface area contributed by atoms with Crippen molar-refractivity contribution in [3.8, 4) is 0 Å². The van der Waals surface area contributed by atoms with Crippen LogP contribution in [0.5, 0.6) is 0 Å². The molecule has 1 unspecified atom stereocenters. The van der Waals surface area contributed by atoms with Crippen LogP contribution in [0.1, 0.15) is 41.5 Å². The molecule has 31 heavy (non-hydrogen) atoms. The van der Waals surface area contributed by atoms with Gasteiger partial charge in [0.25, 0.3) is 0 Å². The molecule has 0 fully saturated rings. The van der Waals surface area contributed by atoms with Crippen molar-refractivity contribution in [1.29, 1.82) is 0 Å². The number of rotatable bonds is 20. The van der Waals surface area contributed by atoms with Crippen molar-refractivity contribution in [3.05, 3.63) is 31.3 Å². The second kappa shape index (κ2) is 24.0. The van der Waals surface area contributed by atoms with Crippen molar-refractivity contribution >= 4 is 0 Å². The molecule has 0 radical (unpaired) electrons. The lowest BCUT2D eigenvalue weighted by molar-refractivity contribution is -0.106. The third-order valence-corrected chi connectivity index (χ3v) is 3.66. The van der Waals surface area contributed by atoms with Crippen LogP contribution >= 0.6 is 0 Å². The summed E-state index contributed by atoms with van der Waals surface area (Å²) in [6.45, 7) is 7.38. The first-order valence-electron chi connectivity index (χ1n) is 9.51. The average molecular weight is 446 g/mol. The fraction of sp³-hybridized carbons (Fsp3) is 1.00. The van der Waals surface area contributed by atoms with E-state index in [9.17, 15) is 0 Å². The largest absolute Gasteiger partial charge is 0.381 e. The summed E-state index contributed by atoms with van der Waals surface area (Å²) in [7, 11) is 0. The minimum absolute atomic E-state index is 0. The zero-order valence-corrected chi connectivity index (χ0v) is 17.2. The first-order valence-corrected chi connectivity index (χ1v) is 9.51. The first-order chi connectivity index (χ1) is 14.1. The minimum Gasteiger partial charge on any atom is -0.381 e. The van der Waals surface area contributed by atoms with Crippen LogP contribution in [0.25, 0.3) is 31.3 Å². The highest BCUT2D eigenvalue weighted by atomic mass is 16.5. The van der Waals surface area contributed by atoms with E-state index in [0.29, 0.717) is 72.2 Å². The molecule has 13 nitrogen and oxygen atoms in total. The van der Waals surface area contributed by atoms with E-state index >= 15 is 0 Å². The maximum atomic E-state index is 8.50. The second-order valence-electron chi connectivity index (χ2n) is 6.43. The Morgan fingerprint density at radius 3 is 1.71 bits per heavy atom. The summed E-state index contributed by atoms with van der Waals surface area (Å²) in [5.74, 6) is 0. The van der Waals surface area contributed by atoms with Gasteiger partial charge in [-0.05, 0) is 36.4 Å². The standard InChI is InChI=1S/C16H31N9O4.2CH4/c1-3-26-11-16(12-27-8-4-6-20-23-17,13-28-9-5-7-21-24-18)14-29-10-15(2)22-25-19;;/h15H,3-14H2,1-2H3;2*1H4. The van der Waals surface area contributed by atoms with Crippen LogP contribution in [0.3, 0.4) is 0 Å². The number of hydrogen-bond donors (Lipinski definition) is 0. The first kappa shape index (κ1) is 33.4. The normalized spacial score (nSPS) is 12.6. The van der Waals surface area contributed by atoms with Crippen LogP contribution in [0.4, 0.5) is 0 Å². The summed E-state index contributed by atoms with van der Waals surface area (Å²) in [6, 6.07) is -0.292. The van der Waals surface area contributed by atoms with Gasteiger partial charge in [0.15, 0.2) is 0 Å². The van der Waals surface area contributed by atoms with E-state index < -0.39 is 5.41 Å². The molecule has 0 aliphatic heterocycles. The molecule has 0 bridgehead atoms. The van der Waals surface area contributed by atoms with Crippen molar-refractivity contribution in [1.82, 2.24) is 0 Å². The van der Waals surface area contributed by atoms with Crippen LogP contribution in [0, 0.1) is 5.41 Å². The Morgan fingerprint density at radius 2 is 1.26 bits per heavy atom. The molecule has 0 spiro atoms. The predicted octanol–water partition coefficient (Wildman–Crippen LogP) is 5.43. The molecule has 0 rings (SSSR count). The monoisotopic (exact) mass is 445 g/mol. The fourth-order valence-corrected chi connectivity index (χ4v) is 2.28. The molecular formula is C18H39N9O4. The predicted molar refractivity (Wildman–Crippen MR) is 121 cm³/mol. The zero-order chi connectivity index (χ0) is 21.6. The summed E-state index contributed by atoms with van der Waals surface area (Å²) in [5, 5.41) is 10.6. The highest BCUT2D eigenvalue weighted by Gasteiger charge is 2.32. The topological polar surface area (TPSA) is 183 Å². The van der Waals surface area contributed by atoms with Gasteiger partial charge in [-0.15, -0.1) is 0 Å². The zero-order valence-electron chi connectivity index (χ0n) is 17.2. The van der Waals surface area contributed by atoms with Gasteiger partial charge < -0.3 is 18.9 Å². The number of hydrogen-bond acceptors (Lipinski definition) is 7. The Morgan fingerprint density at radius 1 is 0.774 bits per heavy atom. The van der Waals surface area contributed by atoms with E-state index in [1.54, 1.807) is 6.92 Å². The molecule has 0 aromatic heterocycles. The molecule has 13 heteroatoms. The molecule has 0 saturated carbocycles. The van der Waals surface area contributed by atoms with Crippen molar-refractivity contribution in [2.24, 2.45) is 20.8 Å². The summed E-state index contributed by atoms with van der Waals surface area (Å²) in [6.07, 6.45) is 1.22. The fourth-order valence-electron chi connectivity index (χ4n) is 2.28. The van der Waals surface area contributed by atoms with Crippen molar-refractivity contribution in [2.45, 2.75) is 47.6 Å². The lowest BCUT2D eigenvalue weighted by Gasteiger charge is -2.33. The lowest BCUT2D eigenvalue weighted by Crippen LogP contribution is -2.42. The second-order valence-corrected chi connectivity index (χ2v) is 6.43. The molecule has 0 heterocycles. The summed E-state index contributed by atoms with van der Waals surface area (Å²) < 4.78 is 22.9. The SMILES string of the molecule is C.C.CCOCC(COCCCN=[N+]=[N-])(COCCCN=[N+]=[N-])COCC(C)N=[N+]=[N-]. The van der Waals surface area contributed by atoms with Gasteiger partial charge >= 0.3 is 0 Å². The number of azide groups is 3. The van der Waals surface area contributed by atoms with Gasteiger partial charge in [0.1, 0.15) is 0 Å². The van der Waals surface area contributed by atoms with Crippen LogP contribution < -0.4 is 0 Å². The van der Waals surface area contributed by atoms with E-state index in [1.165, 1.54) is 0 Å². The Bertz CT molecular complexity index is 532. The quantitative estimate of drug-likeness (QED) is 0.105. The van der Waals surface area contributed by atoms with E-state index in [2.05, 4.69) is 30.1 Å². The van der Waals surface area contributed by atoms with E-state index in [-0.39, 0.29) is 27.5 Å². The third-order valence-electron chi connectivity index (χ3n) is 3.66.